The molecule has 1 aromatic carbocycles. The molecule has 0 saturated carbocycles. The second-order valence-corrected chi connectivity index (χ2v) is 7.17. The number of aromatic nitrogens is 3. The van der Waals surface area contributed by atoms with Crippen LogP contribution in [-0.4, -0.2) is 63.1 Å². The summed E-state index contributed by atoms with van der Waals surface area (Å²) in [5.74, 6) is 0.980. The number of methoxy groups -OCH3 is 1. The van der Waals surface area contributed by atoms with Crippen molar-refractivity contribution < 1.29 is 14.6 Å². The number of likely N-dealkylation sites (tertiary alicyclic amines) is 1. The van der Waals surface area contributed by atoms with Gasteiger partial charge >= 0.3 is 6.09 Å². The van der Waals surface area contributed by atoms with Crippen LogP contribution >= 0.6 is 0 Å². The quantitative estimate of drug-likeness (QED) is 0.715. The van der Waals surface area contributed by atoms with E-state index >= 15 is 0 Å². The molecule has 2 saturated heterocycles. The smallest absolute Gasteiger partial charge is 0.407 e. The van der Waals surface area contributed by atoms with Crippen molar-refractivity contribution in [3.05, 3.63) is 36.5 Å². The summed E-state index contributed by atoms with van der Waals surface area (Å²) in [5.41, 5.74) is 8.60. The van der Waals surface area contributed by atoms with Gasteiger partial charge in [0.15, 0.2) is 5.82 Å². The SMILES string of the molecule is COc1ncc(-n2nc(N)c3ccccc32)cc1N1C[C@@H]2C[C@H]1CN2C(=O)O. The molecule has 3 N–H and O–H groups in total. The first-order chi connectivity index (χ1) is 13.6. The third-order valence-electron chi connectivity index (χ3n) is 5.67. The minimum absolute atomic E-state index is 0.00274. The molecule has 3 aromatic rings. The van der Waals surface area contributed by atoms with Crippen LogP contribution in [0.3, 0.4) is 0 Å². The van der Waals surface area contributed by atoms with E-state index in [4.69, 9.17) is 10.5 Å². The molecule has 0 aliphatic carbocycles. The number of carboxylic acid groups (broad SMARTS) is 1. The van der Waals surface area contributed by atoms with Gasteiger partial charge in [0.05, 0.1) is 30.6 Å². The summed E-state index contributed by atoms with van der Waals surface area (Å²) < 4.78 is 7.26. The van der Waals surface area contributed by atoms with Crippen LogP contribution in [0.1, 0.15) is 6.42 Å². The highest BCUT2D eigenvalue weighted by atomic mass is 16.5. The number of fused-ring (bicyclic) bond motifs is 3. The third kappa shape index (κ3) is 2.35. The molecule has 2 bridgehead atoms. The summed E-state index contributed by atoms with van der Waals surface area (Å²) in [6.07, 6.45) is 1.67. The normalized spacial score (nSPS) is 20.9. The highest BCUT2D eigenvalue weighted by Gasteiger charge is 2.46. The summed E-state index contributed by atoms with van der Waals surface area (Å²) in [5, 5.41) is 14.7. The lowest BCUT2D eigenvalue weighted by Crippen LogP contribution is -2.48. The van der Waals surface area contributed by atoms with Gasteiger partial charge in [0.1, 0.15) is 5.69 Å². The average molecular weight is 380 g/mol. The minimum Gasteiger partial charge on any atom is -0.480 e. The number of rotatable bonds is 3. The summed E-state index contributed by atoms with van der Waals surface area (Å²) >= 11 is 0. The Kier molecular flexibility index (Phi) is 3.58. The van der Waals surface area contributed by atoms with Gasteiger partial charge in [-0.2, -0.15) is 0 Å². The van der Waals surface area contributed by atoms with E-state index in [1.54, 1.807) is 18.0 Å². The largest absolute Gasteiger partial charge is 0.480 e. The molecule has 2 aliphatic heterocycles. The van der Waals surface area contributed by atoms with Gasteiger partial charge in [-0.3, -0.25) is 0 Å². The van der Waals surface area contributed by atoms with Crippen LogP contribution in [0.5, 0.6) is 5.88 Å². The van der Waals surface area contributed by atoms with E-state index in [1.165, 1.54) is 4.90 Å². The maximum Gasteiger partial charge on any atom is 0.407 e. The molecule has 4 heterocycles. The number of benzene rings is 1. The first-order valence-electron chi connectivity index (χ1n) is 9.10. The predicted molar refractivity (Wildman–Crippen MR) is 104 cm³/mol. The first-order valence-corrected chi connectivity index (χ1v) is 9.10. The van der Waals surface area contributed by atoms with E-state index in [0.717, 1.165) is 28.7 Å². The van der Waals surface area contributed by atoms with E-state index in [9.17, 15) is 9.90 Å². The van der Waals surface area contributed by atoms with Crippen LogP contribution in [0.2, 0.25) is 0 Å². The fourth-order valence-corrected chi connectivity index (χ4v) is 4.39. The van der Waals surface area contributed by atoms with Crippen LogP contribution in [0, 0.1) is 0 Å². The maximum absolute atomic E-state index is 11.4. The zero-order valence-electron chi connectivity index (χ0n) is 15.3. The third-order valence-corrected chi connectivity index (χ3v) is 5.67. The zero-order valence-corrected chi connectivity index (χ0v) is 15.3. The second-order valence-electron chi connectivity index (χ2n) is 7.17. The van der Waals surface area contributed by atoms with Gasteiger partial charge in [-0.15, -0.1) is 5.10 Å². The first kappa shape index (κ1) is 16.7. The number of hydrogen-bond donors (Lipinski definition) is 2. The predicted octanol–water partition coefficient (Wildman–Crippen LogP) is 1.95. The second kappa shape index (κ2) is 6.01. The number of hydrogen-bond acceptors (Lipinski definition) is 6. The van der Waals surface area contributed by atoms with E-state index in [-0.39, 0.29) is 12.1 Å². The van der Waals surface area contributed by atoms with Gasteiger partial charge in [0.25, 0.3) is 0 Å². The van der Waals surface area contributed by atoms with Gasteiger partial charge in [-0.25, -0.2) is 14.5 Å². The Morgan fingerprint density at radius 1 is 1.29 bits per heavy atom. The minimum atomic E-state index is -0.857. The number of piperazine rings is 1. The molecule has 0 radical (unpaired) electrons. The number of nitrogens with two attached hydrogens (primary N) is 1. The molecule has 0 spiro atoms. The number of carbonyl (C=O) groups is 1. The molecule has 2 atom stereocenters. The molecule has 5 rings (SSSR count). The maximum atomic E-state index is 11.4. The molecule has 2 aromatic heterocycles. The van der Waals surface area contributed by atoms with Crippen LogP contribution < -0.4 is 15.4 Å². The lowest BCUT2D eigenvalue weighted by molar-refractivity contribution is 0.137. The number of para-hydroxylation sites is 1. The van der Waals surface area contributed by atoms with Crippen LogP contribution in [0.25, 0.3) is 16.6 Å². The molecule has 1 amide bonds. The molecule has 2 fully saturated rings. The monoisotopic (exact) mass is 380 g/mol. The van der Waals surface area contributed by atoms with Gasteiger partial charge in [-0.1, -0.05) is 12.1 Å². The molecule has 0 unspecified atom stereocenters. The van der Waals surface area contributed by atoms with Gasteiger partial charge in [-0.05, 0) is 24.6 Å². The summed E-state index contributed by atoms with van der Waals surface area (Å²) in [6, 6.07) is 9.87. The van der Waals surface area contributed by atoms with Gasteiger partial charge < -0.3 is 25.4 Å². The number of amides is 1. The molecule has 2 aliphatic rings. The highest BCUT2D eigenvalue weighted by molar-refractivity contribution is 5.90. The Morgan fingerprint density at radius 3 is 2.82 bits per heavy atom. The number of nitrogens with zero attached hydrogens (tertiary/aromatic N) is 5. The Labute approximate surface area is 160 Å². The van der Waals surface area contributed by atoms with E-state index in [2.05, 4.69) is 15.0 Å². The van der Waals surface area contributed by atoms with Crippen LogP contribution in [0.4, 0.5) is 16.3 Å². The van der Waals surface area contributed by atoms with Crippen molar-refractivity contribution in [2.24, 2.45) is 0 Å². The molecule has 144 valence electrons. The molecule has 9 nitrogen and oxygen atoms in total. The molecule has 9 heteroatoms. The summed E-state index contributed by atoms with van der Waals surface area (Å²) in [4.78, 5) is 19.6. The number of nitrogen functional groups attached to an aromatic ring is 1. The van der Waals surface area contributed by atoms with Crippen molar-refractivity contribution in [3.8, 4) is 11.6 Å². The number of pyridine rings is 1. The van der Waals surface area contributed by atoms with E-state index < -0.39 is 6.09 Å². The van der Waals surface area contributed by atoms with E-state index in [0.29, 0.717) is 24.8 Å². The number of anilines is 2. The average Bonchev–Trinajstić information content (AvgIpc) is 3.40. The van der Waals surface area contributed by atoms with Crippen molar-refractivity contribution in [2.45, 2.75) is 18.5 Å². The van der Waals surface area contributed by atoms with E-state index in [1.807, 2.05) is 30.3 Å². The zero-order chi connectivity index (χ0) is 19.4. The topological polar surface area (TPSA) is 110 Å². The Hall–Kier alpha value is -3.49. The van der Waals surface area contributed by atoms with Crippen molar-refractivity contribution in [1.29, 1.82) is 0 Å². The van der Waals surface area contributed by atoms with Crippen LogP contribution in [0.15, 0.2) is 36.5 Å². The summed E-state index contributed by atoms with van der Waals surface area (Å²) in [6.45, 7) is 1.12. The van der Waals surface area contributed by atoms with Crippen molar-refractivity contribution >= 4 is 28.5 Å². The highest BCUT2D eigenvalue weighted by Crippen LogP contribution is 2.39. The molecular weight excluding hydrogens is 360 g/mol. The lowest BCUT2D eigenvalue weighted by atomic mass is 10.2. The fraction of sp³-hybridized carbons (Fsp3) is 0.316. The Morgan fingerprint density at radius 2 is 2.11 bits per heavy atom. The Bertz CT molecular complexity index is 1080. The lowest BCUT2D eigenvalue weighted by Gasteiger charge is -2.34. The standard InChI is InChI=1S/C19H20N6O3/c1-28-18-16(23-9-13-6-12(23)10-24(13)19(26)27)7-11(8-21-18)25-15-5-3-2-4-14(15)17(20)22-25/h2-5,7-8,12-13H,6,9-10H2,1H3,(H2,20,22)(H,26,27)/t12-,13-/m0/s1. The van der Waals surface area contributed by atoms with Crippen molar-refractivity contribution in [3.63, 3.8) is 0 Å². The van der Waals surface area contributed by atoms with Crippen molar-refractivity contribution in [1.82, 2.24) is 19.7 Å². The van der Waals surface area contributed by atoms with Crippen molar-refractivity contribution in [2.75, 3.05) is 30.8 Å². The van der Waals surface area contributed by atoms with Gasteiger partial charge in [0, 0.05) is 24.5 Å². The van der Waals surface area contributed by atoms with Crippen LogP contribution in [-0.2, 0) is 0 Å². The fourth-order valence-electron chi connectivity index (χ4n) is 4.39. The number of ether oxygens (including phenoxy) is 1. The van der Waals surface area contributed by atoms with Gasteiger partial charge in [0.2, 0.25) is 5.88 Å². The molecular formula is C19H20N6O3. The Balaban J connectivity index is 1.56. The summed E-state index contributed by atoms with van der Waals surface area (Å²) in [7, 11) is 1.59. The molecule has 28 heavy (non-hydrogen) atoms.